The summed E-state index contributed by atoms with van der Waals surface area (Å²) in [6.45, 7) is 0. The van der Waals surface area contributed by atoms with Crippen LogP contribution in [0.5, 0.6) is 0 Å². The number of para-hydroxylation sites is 2. The molecular formula is C22H17N5O2. The topological polar surface area (TPSA) is 88.4 Å². The second kappa shape index (κ2) is 6.87. The number of hydrogen-bond donors (Lipinski definition) is 2. The van der Waals surface area contributed by atoms with Crippen LogP contribution in [0.3, 0.4) is 0 Å². The Hall–Kier alpha value is -4.00. The van der Waals surface area contributed by atoms with Crippen molar-refractivity contribution in [3.63, 3.8) is 0 Å². The van der Waals surface area contributed by atoms with E-state index in [1.807, 2.05) is 60.7 Å². The number of carbonyl (C=O) groups excluding carboxylic acids is 1. The van der Waals surface area contributed by atoms with Gasteiger partial charge in [0, 0.05) is 0 Å². The Morgan fingerprint density at radius 2 is 1.72 bits per heavy atom. The Morgan fingerprint density at radius 1 is 0.966 bits per heavy atom. The Balaban J connectivity index is 1.63. The van der Waals surface area contributed by atoms with E-state index in [4.69, 9.17) is 0 Å². The highest BCUT2D eigenvalue weighted by molar-refractivity contribution is 6.42. The zero-order valence-electron chi connectivity index (χ0n) is 15.3. The zero-order chi connectivity index (χ0) is 19.8. The molecule has 1 amide bonds. The van der Waals surface area contributed by atoms with E-state index in [-0.39, 0.29) is 29.4 Å². The predicted octanol–water partition coefficient (Wildman–Crippen LogP) is 2.39. The molecule has 1 aromatic heterocycles. The van der Waals surface area contributed by atoms with Crippen molar-refractivity contribution in [2.75, 3.05) is 5.43 Å². The fraction of sp³-hybridized carbons (Fsp3) is 0.0909. The number of allylic oxidation sites excluding steroid dienone is 2. The molecular weight excluding hydrogens is 366 g/mol. The van der Waals surface area contributed by atoms with Crippen molar-refractivity contribution in [2.45, 2.75) is 6.04 Å². The summed E-state index contributed by atoms with van der Waals surface area (Å²) < 4.78 is 1.47. The van der Waals surface area contributed by atoms with Crippen molar-refractivity contribution < 1.29 is 4.79 Å². The second-order valence-corrected chi connectivity index (χ2v) is 6.83. The Kier molecular flexibility index (Phi) is 4.05. The number of hydrazone groups is 1. The molecule has 1 aliphatic heterocycles. The fourth-order valence-corrected chi connectivity index (χ4v) is 3.64. The van der Waals surface area contributed by atoms with Crippen LogP contribution in [0, 0.1) is 5.92 Å². The minimum absolute atomic E-state index is 0.103. The standard InChI is InChI=1S/C22H17N5O2/c28-20-19(15-10-4-6-12-17(15)23-20)25-26-22-24-18-13-7-5-11-16(18)21(29)27(22)14-8-2-1-3-9-14/h1-13,15,17H,(H,23,28)(H,24,26)/b25-19-/t15-,17+/m0/s1. The van der Waals surface area contributed by atoms with Gasteiger partial charge in [-0.05, 0) is 24.3 Å². The van der Waals surface area contributed by atoms with Gasteiger partial charge < -0.3 is 5.32 Å². The lowest BCUT2D eigenvalue weighted by Crippen LogP contribution is -2.26. The predicted molar refractivity (Wildman–Crippen MR) is 112 cm³/mol. The minimum atomic E-state index is -0.238. The van der Waals surface area contributed by atoms with Gasteiger partial charge in [-0.15, -0.1) is 0 Å². The van der Waals surface area contributed by atoms with Crippen LogP contribution in [0.25, 0.3) is 16.6 Å². The lowest BCUT2D eigenvalue weighted by Gasteiger charge is -2.15. The van der Waals surface area contributed by atoms with Crippen LogP contribution in [0.15, 0.2) is 88.8 Å². The van der Waals surface area contributed by atoms with Crippen molar-refractivity contribution in [1.82, 2.24) is 14.9 Å². The molecule has 2 N–H and O–H groups in total. The van der Waals surface area contributed by atoms with E-state index in [2.05, 4.69) is 20.8 Å². The van der Waals surface area contributed by atoms with E-state index in [1.54, 1.807) is 18.2 Å². The Bertz CT molecular complexity index is 1260. The van der Waals surface area contributed by atoms with E-state index < -0.39 is 0 Å². The molecule has 2 aromatic carbocycles. The number of hydrogen-bond acceptors (Lipinski definition) is 5. The van der Waals surface area contributed by atoms with Crippen molar-refractivity contribution in [3.8, 4) is 5.69 Å². The van der Waals surface area contributed by atoms with Crippen LogP contribution in [-0.4, -0.2) is 27.2 Å². The molecule has 2 aliphatic rings. The molecule has 7 nitrogen and oxygen atoms in total. The lowest BCUT2D eigenvalue weighted by atomic mass is 9.95. The third-order valence-electron chi connectivity index (χ3n) is 5.05. The zero-order valence-corrected chi connectivity index (χ0v) is 15.3. The van der Waals surface area contributed by atoms with Crippen LogP contribution in [0.2, 0.25) is 0 Å². The highest BCUT2D eigenvalue weighted by atomic mass is 16.2. The first-order chi connectivity index (χ1) is 14.2. The molecule has 0 spiro atoms. The second-order valence-electron chi connectivity index (χ2n) is 6.83. The number of aromatic nitrogens is 2. The SMILES string of the molecule is O=C1N[C@@H]2C=CC=C[C@@H]2/C1=N/Nc1nc2ccccc2c(=O)n1-c1ccccc1. The fourth-order valence-electron chi connectivity index (χ4n) is 3.64. The average Bonchev–Trinajstić information content (AvgIpc) is 3.08. The van der Waals surface area contributed by atoms with E-state index >= 15 is 0 Å². The van der Waals surface area contributed by atoms with Gasteiger partial charge in [-0.25, -0.2) is 15.0 Å². The summed E-state index contributed by atoms with van der Waals surface area (Å²) in [5, 5.41) is 7.74. The quantitative estimate of drug-likeness (QED) is 0.680. The first kappa shape index (κ1) is 17.1. The van der Waals surface area contributed by atoms with E-state index in [0.717, 1.165) is 0 Å². The molecule has 2 atom stereocenters. The normalized spacial score (nSPS) is 21.4. The minimum Gasteiger partial charge on any atom is -0.344 e. The Labute approximate surface area is 166 Å². The number of anilines is 1. The molecule has 0 saturated carbocycles. The van der Waals surface area contributed by atoms with E-state index in [9.17, 15) is 9.59 Å². The summed E-state index contributed by atoms with van der Waals surface area (Å²) in [7, 11) is 0. The van der Waals surface area contributed by atoms with Crippen molar-refractivity contribution >= 4 is 28.5 Å². The van der Waals surface area contributed by atoms with Crippen molar-refractivity contribution in [2.24, 2.45) is 11.0 Å². The van der Waals surface area contributed by atoms with Crippen LogP contribution >= 0.6 is 0 Å². The molecule has 0 bridgehead atoms. The molecule has 1 aliphatic carbocycles. The molecule has 3 aromatic rings. The molecule has 2 heterocycles. The molecule has 1 saturated heterocycles. The Morgan fingerprint density at radius 3 is 2.59 bits per heavy atom. The van der Waals surface area contributed by atoms with Crippen LogP contribution in [0.1, 0.15) is 0 Å². The highest BCUT2D eigenvalue weighted by Crippen LogP contribution is 2.22. The summed E-state index contributed by atoms with van der Waals surface area (Å²) in [6.07, 6.45) is 7.65. The molecule has 142 valence electrons. The van der Waals surface area contributed by atoms with Gasteiger partial charge in [0.1, 0.15) is 5.71 Å². The smallest absolute Gasteiger partial charge is 0.268 e. The van der Waals surface area contributed by atoms with Gasteiger partial charge in [0.15, 0.2) is 0 Å². The van der Waals surface area contributed by atoms with Crippen LogP contribution in [-0.2, 0) is 4.79 Å². The number of rotatable bonds is 3. The third-order valence-corrected chi connectivity index (χ3v) is 5.05. The van der Waals surface area contributed by atoms with Gasteiger partial charge in [-0.2, -0.15) is 5.10 Å². The number of carbonyl (C=O) groups is 1. The highest BCUT2D eigenvalue weighted by Gasteiger charge is 2.37. The van der Waals surface area contributed by atoms with Crippen molar-refractivity contribution in [3.05, 3.63) is 89.3 Å². The monoisotopic (exact) mass is 383 g/mol. The number of nitrogens with zero attached hydrogens (tertiary/aromatic N) is 3. The number of nitrogens with one attached hydrogen (secondary N) is 2. The van der Waals surface area contributed by atoms with Crippen LogP contribution < -0.4 is 16.3 Å². The first-order valence-electron chi connectivity index (χ1n) is 9.29. The largest absolute Gasteiger partial charge is 0.344 e. The van der Waals surface area contributed by atoms with E-state index in [0.29, 0.717) is 22.3 Å². The molecule has 0 radical (unpaired) electrons. The molecule has 0 unspecified atom stereocenters. The van der Waals surface area contributed by atoms with Gasteiger partial charge >= 0.3 is 0 Å². The van der Waals surface area contributed by atoms with Gasteiger partial charge in [-0.3, -0.25) is 9.59 Å². The molecule has 7 heteroatoms. The van der Waals surface area contributed by atoms with Crippen molar-refractivity contribution in [1.29, 1.82) is 0 Å². The summed E-state index contributed by atoms with van der Waals surface area (Å²) >= 11 is 0. The summed E-state index contributed by atoms with van der Waals surface area (Å²) in [4.78, 5) is 30.1. The third kappa shape index (κ3) is 2.93. The number of benzene rings is 2. The van der Waals surface area contributed by atoms with Gasteiger partial charge in [0.25, 0.3) is 11.5 Å². The first-order valence-corrected chi connectivity index (χ1v) is 9.29. The van der Waals surface area contributed by atoms with Crippen LogP contribution in [0.4, 0.5) is 5.95 Å². The summed E-state index contributed by atoms with van der Waals surface area (Å²) in [5.74, 6) is -0.144. The summed E-state index contributed by atoms with van der Waals surface area (Å²) in [5.41, 5.74) is 4.24. The maximum absolute atomic E-state index is 13.2. The van der Waals surface area contributed by atoms with Gasteiger partial charge in [0.2, 0.25) is 5.95 Å². The maximum atomic E-state index is 13.2. The summed E-state index contributed by atoms with van der Waals surface area (Å²) in [6, 6.07) is 16.3. The number of fused-ring (bicyclic) bond motifs is 2. The molecule has 5 rings (SSSR count). The maximum Gasteiger partial charge on any atom is 0.268 e. The van der Waals surface area contributed by atoms with Gasteiger partial charge in [0.05, 0.1) is 28.6 Å². The lowest BCUT2D eigenvalue weighted by molar-refractivity contribution is -0.114. The average molecular weight is 383 g/mol. The molecule has 1 fully saturated rings. The van der Waals surface area contributed by atoms with E-state index in [1.165, 1.54) is 4.57 Å². The number of amides is 1. The molecule has 29 heavy (non-hydrogen) atoms. The van der Waals surface area contributed by atoms with Gasteiger partial charge in [-0.1, -0.05) is 54.6 Å².